The first kappa shape index (κ1) is 19.1. The molecule has 1 heterocycles. The van der Waals surface area contributed by atoms with Crippen LogP contribution in [0.4, 0.5) is 4.39 Å². The lowest BCUT2D eigenvalue weighted by atomic mass is 9.86. The van der Waals surface area contributed by atoms with Crippen LogP contribution in [0, 0.1) is 22.6 Å². The zero-order chi connectivity index (χ0) is 18.9. The summed E-state index contributed by atoms with van der Waals surface area (Å²) in [7, 11) is -3.81. The molecule has 6 nitrogen and oxygen atoms in total. The van der Waals surface area contributed by atoms with Crippen LogP contribution in [0.1, 0.15) is 25.7 Å². The van der Waals surface area contributed by atoms with Crippen LogP contribution < -0.4 is 0 Å². The van der Waals surface area contributed by atoms with Gasteiger partial charge in [0.05, 0.1) is 16.0 Å². The number of amides is 1. The number of carbonyl (C=O) groups excluding carboxylic acids is 1. The number of nitriles is 1. The standard InChI is InChI=1S/C17H19ClFN3O3S/c18-14-11-13(3-4-15(14)19)26(24,25)22-9-7-21(8-10-22)16(23)17(12-20)5-1-2-6-17/h3-4,11H,1-2,5-10H2. The Bertz CT molecular complexity index is 854. The molecule has 2 aliphatic rings. The number of nitrogens with zero attached hydrogens (tertiary/aromatic N) is 3. The quantitative estimate of drug-likeness (QED) is 0.781. The van der Waals surface area contributed by atoms with Gasteiger partial charge < -0.3 is 4.90 Å². The lowest BCUT2D eigenvalue weighted by molar-refractivity contribution is -0.140. The number of sulfonamides is 1. The van der Waals surface area contributed by atoms with Gasteiger partial charge in [0.2, 0.25) is 15.9 Å². The first-order valence-corrected chi connectivity index (χ1v) is 10.3. The number of hydrogen-bond acceptors (Lipinski definition) is 4. The molecule has 0 radical (unpaired) electrons. The summed E-state index contributed by atoms with van der Waals surface area (Å²) < 4.78 is 39.9. The number of piperazine rings is 1. The van der Waals surface area contributed by atoms with Gasteiger partial charge in [-0.25, -0.2) is 12.8 Å². The van der Waals surface area contributed by atoms with Gasteiger partial charge >= 0.3 is 0 Å². The second-order valence-corrected chi connectivity index (χ2v) is 9.02. The smallest absolute Gasteiger partial charge is 0.243 e. The highest BCUT2D eigenvalue weighted by atomic mass is 35.5. The average molecular weight is 400 g/mol. The van der Waals surface area contributed by atoms with E-state index in [-0.39, 0.29) is 42.0 Å². The fourth-order valence-electron chi connectivity index (χ4n) is 3.57. The van der Waals surface area contributed by atoms with Crippen molar-refractivity contribution in [1.29, 1.82) is 5.26 Å². The molecule has 1 aliphatic carbocycles. The van der Waals surface area contributed by atoms with Gasteiger partial charge in [0.15, 0.2) is 0 Å². The van der Waals surface area contributed by atoms with Crippen molar-refractivity contribution in [2.45, 2.75) is 30.6 Å². The minimum Gasteiger partial charge on any atom is -0.339 e. The Morgan fingerprint density at radius 3 is 2.35 bits per heavy atom. The molecule has 1 aromatic carbocycles. The molecule has 1 saturated heterocycles. The fraction of sp³-hybridized carbons (Fsp3) is 0.529. The summed E-state index contributed by atoms with van der Waals surface area (Å²) in [5.74, 6) is -0.876. The zero-order valence-corrected chi connectivity index (χ0v) is 15.7. The molecular formula is C17H19ClFN3O3S. The van der Waals surface area contributed by atoms with Crippen molar-refractivity contribution >= 4 is 27.5 Å². The predicted octanol–water partition coefficient (Wildman–Crippen LogP) is 2.40. The summed E-state index contributed by atoms with van der Waals surface area (Å²) >= 11 is 5.69. The molecule has 2 fully saturated rings. The molecule has 26 heavy (non-hydrogen) atoms. The van der Waals surface area contributed by atoms with E-state index in [1.165, 1.54) is 10.4 Å². The Hall–Kier alpha value is -1.69. The SMILES string of the molecule is N#CC1(C(=O)N2CCN(S(=O)(=O)c3ccc(F)c(Cl)c3)CC2)CCCC1. The van der Waals surface area contributed by atoms with E-state index in [0.717, 1.165) is 25.0 Å². The predicted molar refractivity (Wildman–Crippen MR) is 93.3 cm³/mol. The van der Waals surface area contributed by atoms with Crippen LogP contribution in [0.15, 0.2) is 23.1 Å². The highest BCUT2D eigenvalue weighted by Gasteiger charge is 2.45. The molecule has 1 amide bonds. The van der Waals surface area contributed by atoms with Crippen molar-refractivity contribution < 1.29 is 17.6 Å². The summed E-state index contributed by atoms with van der Waals surface area (Å²) in [6.07, 6.45) is 2.85. The van der Waals surface area contributed by atoms with E-state index in [0.29, 0.717) is 12.8 Å². The molecule has 0 spiro atoms. The number of hydrogen-bond donors (Lipinski definition) is 0. The topological polar surface area (TPSA) is 81.5 Å². The van der Waals surface area contributed by atoms with Crippen LogP contribution in [0.25, 0.3) is 0 Å². The van der Waals surface area contributed by atoms with Gasteiger partial charge in [-0.15, -0.1) is 0 Å². The number of benzene rings is 1. The van der Waals surface area contributed by atoms with Crippen molar-refractivity contribution in [3.05, 3.63) is 29.0 Å². The molecular weight excluding hydrogens is 381 g/mol. The minimum atomic E-state index is -3.81. The van der Waals surface area contributed by atoms with E-state index < -0.39 is 21.3 Å². The van der Waals surface area contributed by atoms with E-state index in [2.05, 4.69) is 6.07 Å². The van der Waals surface area contributed by atoms with Crippen LogP contribution in [-0.4, -0.2) is 49.7 Å². The molecule has 1 saturated carbocycles. The number of rotatable bonds is 3. The van der Waals surface area contributed by atoms with Gasteiger partial charge in [0.25, 0.3) is 0 Å². The summed E-state index contributed by atoms with van der Waals surface area (Å²) in [6.45, 7) is 0.724. The molecule has 0 N–H and O–H groups in total. The second kappa shape index (κ2) is 7.14. The number of halogens is 2. The summed E-state index contributed by atoms with van der Waals surface area (Å²) in [4.78, 5) is 14.2. The molecule has 0 unspecified atom stereocenters. The molecule has 1 aromatic rings. The largest absolute Gasteiger partial charge is 0.339 e. The van der Waals surface area contributed by atoms with Crippen LogP contribution in [0.5, 0.6) is 0 Å². The van der Waals surface area contributed by atoms with Crippen LogP contribution >= 0.6 is 11.6 Å². The zero-order valence-electron chi connectivity index (χ0n) is 14.1. The Labute approximate surface area is 157 Å². The Balaban J connectivity index is 1.71. The lowest BCUT2D eigenvalue weighted by Gasteiger charge is -2.37. The molecule has 9 heteroatoms. The molecule has 0 aromatic heterocycles. The van der Waals surface area contributed by atoms with Crippen molar-refractivity contribution in [2.24, 2.45) is 5.41 Å². The van der Waals surface area contributed by atoms with Crippen molar-refractivity contribution in [1.82, 2.24) is 9.21 Å². The van der Waals surface area contributed by atoms with E-state index in [4.69, 9.17) is 11.6 Å². The summed E-state index contributed by atoms with van der Waals surface area (Å²) in [5.41, 5.74) is -0.953. The fourth-order valence-corrected chi connectivity index (χ4v) is 5.27. The highest BCUT2D eigenvalue weighted by molar-refractivity contribution is 7.89. The summed E-state index contributed by atoms with van der Waals surface area (Å²) in [5, 5.41) is 9.20. The van der Waals surface area contributed by atoms with E-state index in [9.17, 15) is 22.9 Å². The van der Waals surface area contributed by atoms with Gasteiger partial charge in [-0.2, -0.15) is 9.57 Å². The monoisotopic (exact) mass is 399 g/mol. The normalized spacial score (nSPS) is 20.7. The first-order valence-electron chi connectivity index (χ1n) is 8.46. The highest BCUT2D eigenvalue weighted by Crippen LogP contribution is 2.39. The van der Waals surface area contributed by atoms with Gasteiger partial charge in [-0.05, 0) is 31.0 Å². The minimum absolute atomic E-state index is 0.0760. The van der Waals surface area contributed by atoms with Crippen LogP contribution in [0.3, 0.4) is 0 Å². The van der Waals surface area contributed by atoms with E-state index in [1.54, 1.807) is 4.90 Å². The lowest BCUT2D eigenvalue weighted by Crippen LogP contribution is -2.53. The molecule has 3 rings (SSSR count). The summed E-state index contributed by atoms with van der Waals surface area (Å²) in [6, 6.07) is 5.47. The first-order chi connectivity index (χ1) is 12.3. The third kappa shape index (κ3) is 3.31. The van der Waals surface area contributed by atoms with Gasteiger partial charge in [0.1, 0.15) is 11.2 Å². The van der Waals surface area contributed by atoms with Crippen LogP contribution in [0.2, 0.25) is 5.02 Å². The maximum atomic E-state index is 13.3. The molecule has 0 bridgehead atoms. The Kier molecular flexibility index (Phi) is 5.24. The molecule has 0 atom stereocenters. The second-order valence-electron chi connectivity index (χ2n) is 6.67. The average Bonchev–Trinajstić information content (AvgIpc) is 3.13. The Morgan fingerprint density at radius 2 is 1.81 bits per heavy atom. The third-order valence-electron chi connectivity index (χ3n) is 5.14. The maximum absolute atomic E-state index is 13.3. The maximum Gasteiger partial charge on any atom is 0.243 e. The Morgan fingerprint density at radius 1 is 1.19 bits per heavy atom. The van der Waals surface area contributed by atoms with Crippen molar-refractivity contribution in [3.8, 4) is 6.07 Å². The number of carbonyl (C=O) groups is 1. The van der Waals surface area contributed by atoms with Crippen molar-refractivity contribution in [3.63, 3.8) is 0 Å². The third-order valence-corrected chi connectivity index (χ3v) is 7.32. The van der Waals surface area contributed by atoms with Gasteiger partial charge in [-0.1, -0.05) is 24.4 Å². The van der Waals surface area contributed by atoms with Gasteiger partial charge in [0, 0.05) is 26.2 Å². The molecule has 1 aliphatic heterocycles. The van der Waals surface area contributed by atoms with E-state index in [1.807, 2.05) is 0 Å². The van der Waals surface area contributed by atoms with E-state index >= 15 is 0 Å². The van der Waals surface area contributed by atoms with Crippen LogP contribution in [-0.2, 0) is 14.8 Å². The van der Waals surface area contributed by atoms with Gasteiger partial charge in [-0.3, -0.25) is 4.79 Å². The van der Waals surface area contributed by atoms with Crippen molar-refractivity contribution in [2.75, 3.05) is 26.2 Å². The molecule has 140 valence electrons.